The van der Waals surface area contributed by atoms with Crippen LogP contribution in [0.1, 0.15) is 25.0 Å². The Morgan fingerprint density at radius 2 is 2.36 bits per heavy atom. The lowest BCUT2D eigenvalue weighted by molar-refractivity contribution is 0.118. The molecule has 0 unspecified atom stereocenters. The van der Waals surface area contributed by atoms with Crippen molar-refractivity contribution in [3.63, 3.8) is 0 Å². The molecule has 0 amide bonds. The molecule has 1 aliphatic carbocycles. The van der Waals surface area contributed by atoms with Crippen molar-refractivity contribution in [3.05, 3.63) is 22.4 Å². The zero-order valence-corrected chi connectivity index (χ0v) is 9.46. The van der Waals surface area contributed by atoms with Crippen molar-refractivity contribution in [2.45, 2.75) is 31.9 Å². The first-order chi connectivity index (χ1) is 6.79. The van der Waals surface area contributed by atoms with E-state index in [0.717, 1.165) is 28.8 Å². The summed E-state index contributed by atoms with van der Waals surface area (Å²) in [5.74, 6) is 0.826. The van der Waals surface area contributed by atoms with Gasteiger partial charge in [0.1, 0.15) is 5.75 Å². The van der Waals surface area contributed by atoms with Crippen molar-refractivity contribution in [2.75, 3.05) is 0 Å². The van der Waals surface area contributed by atoms with Gasteiger partial charge in [0, 0.05) is 17.2 Å². The van der Waals surface area contributed by atoms with Gasteiger partial charge in [0.25, 0.3) is 0 Å². The fourth-order valence-electron chi connectivity index (χ4n) is 1.37. The molecule has 1 fully saturated rings. The lowest BCUT2D eigenvalue weighted by atomic mass is 9.96. The molecule has 1 aromatic rings. The third kappa shape index (κ3) is 2.07. The predicted octanol–water partition coefficient (Wildman–Crippen LogP) is 2.23. The molecule has 0 saturated heterocycles. The average molecular weight is 257 g/mol. The zero-order valence-electron chi connectivity index (χ0n) is 7.87. The molecule has 3 nitrogen and oxygen atoms in total. The maximum absolute atomic E-state index is 5.78. The minimum Gasteiger partial charge on any atom is -0.488 e. The monoisotopic (exact) mass is 256 g/mol. The first-order valence-electron chi connectivity index (χ1n) is 4.80. The third-order valence-electron chi connectivity index (χ3n) is 2.44. The smallest absolute Gasteiger partial charge is 0.143 e. The van der Waals surface area contributed by atoms with Crippen LogP contribution in [0.4, 0.5) is 0 Å². The van der Waals surface area contributed by atoms with Gasteiger partial charge in [-0.3, -0.25) is 4.98 Å². The topological polar surface area (TPSA) is 48.1 Å². The molecule has 14 heavy (non-hydrogen) atoms. The van der Waals surface area contributed by atoms with Gasteiger partial charge in [0.2, 0.25) is 0 Å². The summed E-state index contributed by atoms with van der Waals surface area (Å²) in [6, 6.07) is 1.94. The molecule has 0 aliphatic heterocycles. The molecule has 2 rings (SSSR count). The van der Waals surface area contributed by atoms with Crippen LogP contribution < -0.4 is 10.5 Å². The highest BCUT2D eigenvalue weighted by atomic mass is 79.9. The molecule has 0 atom stereocenters. The van der Waals surface area contributed by atoms with Gasteiger partial charge >= 0.3 is 0 Å². The first kappa shape index (κ1) is 9.93. The van der Waals surface area contributed by atoms with Crippen LogP contribution >= 0.6 is 15.9 Å². The maximum Gasteiger partial charge on any atom is 0.143 e. The van der Waals surface area contributed by atoms with Crippen LogP contribution in [0.15, 0.2) is 16.7 Å². The summed E-state index contributed by atoms with van der Waals surface area (Å²) in [4.78, 5) is 4.21. The Kier molecular flexibility index (Phi) is 3.03. The van der Waals surface area contributed by atoms with E-state index in [1.165, 1.54) is 6.42 Å². The third-order valence-corrected chi connectivity index (χ3v) is 2.87. The molecular weight excluding hydrogens is 244 g/mol. The number of ether oxygens (including phenoxy) is 1. The Balaban J connectivity index is 2.15. The van der Waals surface area contributed by atoms with Gasteiger partial charge in [-0.25, -0.2) is 0 Å². The summed E-state index contributed by atoms with van der Waals surface area (Å²) >= 11 is 3.37. The summed E-state index contributed by atoms with van der Waals surface area (Å²) < 4.78 is 6.71. The Morgan fingerprint density at radius 1 is 1.57 bits per heavy atom. The summed E-state index contributed by atoms with van der Waals surface area (Å²) in [7, 11) is 0. The highest BCUT2D eigenvalue weighted by Crippen LogP contribution is 2.28. The predicted molar refractivity (Wildman–Crippen MR) is 58.1 cm³/mol. The van der Waals surface area contributed by atoms with E-state index in [0.29, 0.717) is 12.6 Å². The van der Waals surface area contributed by atoms with E-state index in [1.807, 2.05) is 6.07 Å². The number of pyridine rings is 1. The van der Waals surface area contributed by atoms with Crippen molar-refractivity contribution in [3.8, 4) is 5.75 Å². The van der Waals surface area contributed by atoms with E-state index in [-0.39, 0.29) is 0 Å². The molecule has 0 radical (unpaired) electrons. The number of aromatic nitrogens is 1. The van der Waals surface area contributed by atoms with Crippen LogP contribution in [0, 0.1) is 0 Å². The number of nitrogens with zero attached hydrogens (tertiary/aromatic N) is 1. The SMILES string of the molecule is NCc1ncc(Br)cc1OC1CCC1. The Hall–Kier alpha value is -0.610. The van der Waals surface area contributed by atoms with Gasteiger partial charge in [-0.15, -0.1) is 0 Å². The molecule has 1 aromatic heterocycles. The summed E-state index contributed by atoms with van der Waals surface area (Å²) in [5.41, 5.74) is 6.41. The molecule has 1 aliphatic rings. The molecule has 2 N–H and O–H groups in total. The minimum absolute atomic E-state index is 0.372. The minimum atomic E-state index is 0.372. The van der Waals surface area contributed by atoms with Crippen LogP contribution in [-0.4, -0.2) is 11.1 Å². The summed E-state index contributed by atoms with van der Waals surface area (Å²) in [6.07, 6.45) is 5.68. The second-order valence-corrected chi connectivity index (χ2v) is 4.39. The van der Waals surface area contributed by atoms with E-state index in [9.17, 15) is 0 Å². The fraction of sp³-hybridized carbons (Fsp3) is 0.500. The molecule has 76 valence electrons. The maximum atomic E-state index is 5.78. The number of hydrogen-bond acceptors (Lipinski definition) is 3. The Bertz CT molecular complexity index is 326. The normalized spacial score (nSPS) is 16.4. The number of hydrogen-bond donors (Lipinski definition) is 1. The second-order valence-electron chi connectivity index (χ2n) is 3.47. The molecule has 0 aromatic carbocycles. The van der Waals surface area contributed by atoms with Crippen molar-refractivity contribution in [1.29, 1.82) is 0 Å². The fourth-order valence-corrected chi connectivity index (χ4v) is 1.68. The lowest BCUT2D eigenvalue weighted by Crippen LogP contribution is -2.25. The molecule has 4 heteroatoms. The number of rotatable bonds is 3. The van der Waals surface area contributed by atoms with Crippen LogP contribution in [0.2, 0.25) is 0 Å². The van der Waals surface area contributed by atoms with Gasteiger partial charge in [-0.05, 0) is 41.3 Å². The van der Waals surface area contributed by atoms with E-state index >= 15 is 0 Å². The van der Waals surface area contributed by atoms with Crippen molar-refractivity contribution in [2.24, 2.45) is 5.73 Å². The molecule has 0 bridgehead atoms. The van der Waals surface area contributed by atoms with Crippen LogP contribution in [0.5, 0.6) is 5.75 Å². The standard InChI is InChI=1S/C10H13BrN2O/c11-7-4-10(9(5-12)13-6-7)14-8-2-1-3-8/h4,6,8H,1-3,5,12H2. The van der Waals surface area contributed by atoms with Gasteiger partial charge in [0.05, 0.1) is 11.8 Å². The van der Waals surface area contributed by atoms with Crippen molar-refractivity contribution in [1.82, 2.24) is 4.98 Å². The van der Waals surface area contributed by atoms with Gasteiger partial charge < -0.3 is 10.5 Å². The van der Waals surface area contributed by atoms with E-state index in [2.05, 4.69) is 20.9 Å². The highest BCUT2D eigenvalue weighted by Gasteiger charge is 2.20. The number of halogens is 1. The van der Waals surface area contributed by atoms with Crippen LogP contribution in [0.25, 0.3) is 0 Å². The largest absolute Gasteiger partial charge is 0.488 e. The summed E-state index contributed by atoms with van der Waals surface area (Å²) in [5, 5.41) is 0. The van der Waals surface area contributed by atoms with E-state index in [4.69, 9.17) is 10.5 Å². The number of nitrogens with two attached hydrogens (primary N) is 1. The molecular formula is C10H13BrN2O. The van der Waals surface area contributed by atoms with Crippen molar-refractivity contribution < 1.29 is 4.74 Å². The quantitative estimate of drug-likeness (QED) is 0.903. The molecule has 1 saturated carbocycles. The zero-order chi connectivity index (χ0) is 9.97. The highest BCUT2D eigenvalue weighted by molar-refractivity contribution is 9.10. The van der Waals surface area contributed by atoms with Crippen LogP contribution in [-0.2, 0) is 6.54 Å². The molecule has 1 heterocycles. The lowest BCUT2D eigenvalue weighted by Gasteiger charge is -2.27. The van der Waals surface area contributed by atoms with E-state index < -0.39 is 0 Å². The summed E-state index contributed by atoms with van der Waals surface area (Å²) in [6.45, 7) is 0.426. The average Bonchev–Trinajstić information content (AvgIpc) is 2.12. The first-order valence-corrected chi connectivity index (χ1v) is 5.60. The molecule has 0 spiro atoms. The van der Waals surface area contributed by atoms with Gasteiger partial charge in [-0.1, -0.05) is 0 Å². The Labute approximate surface area is 91.8 Å². The van der Waals surface area contributed by atoms with Crippen LogP contribution in [0.3, 0.4) is 0 Å². The van der Waals surface area contributed by atoms with Crippen molar-refractivity contribution >= 4 is 15.9 Å². The van der Waals surface area contributed by atoms with Gasteiger partial charge in [-0.2, -0.15) is 0 Å². The second kappa shape index (κ2) is 4.28. The Morgan fingerprint density at radius 3 is 2.93 bits per heavy atom. The van der Waals surface area contributed by atoms with E-state index in [1.54, 1.807) is 6.20 Å². The van der Waals surface area contributed by atoms with Gasteiger partial charge in [0.15, 0.2) is 0 Å².